The van der Waals surface area contributed by atoms with Crippen molar-refractivity contribution in [1.29, 1.82) is 0 Å². The minimum absolute atomic E-state index is 0.383. The van der Waals surface area contributed by atoms with Gasteiger partial charge in [0.1, 0.15) is 0 Å². The van der Waals surface area contributed by atoms with Crippen LogP contribution in [0.15, 0.2) is 30.3 Å². The summed E-state index contributed by atoms with van der Waals surface area (Å²) in [5.41, 5.74) is 5.07. The molecule has 2 aliphatic carbocycles. The summed E-state index contributed by atoms with van der Waals surface area (Å²) in [6, 6.07) is 9.07. The van der Waals surface area contributed by atoms with E-state index >= 15 is 0 Å². The molecule has 96 valence electrons. The van der Waals surface area contributed by atoms with Crippen LogP contribution in [0, 0.1) is 5.92 Å². The first kappa shape index (κ1) is 12.0. The third-order valence-corrected chi connectivity index (χ3v) is 4.74. The van der Waals surface area contributed by atoms with E-state index in [-0.39, 0.29) is 0 Å². The zero-order valence-corrected chi connectivity index (χ0v) is 11.5. The van der Waals surface area contributed by atoms with Crippen molar-refractivity contribution in [2.75, 3.05) is 13.6 Å². The van der Waals surface area contributed by atoms with Gasteiger partial charge in [-0.25, -0.2) is 0 Å². The van der Waals surface area contributed by atoms with Crippen molar-refractivity contribution in [3.05, 3.63) is 41.5 Å². The Hall–Kier alpha value is -1.08. The van der Waals surface area contributed by atoms with Gasteiger partial charge in [-0.1, -0.05) is 50.1 Å². The number of hydrogen-bond acceptors (Lipinski definition) is 1. The average molecular weight is 241 g/mol. The topological polar surface area (TPSA) is 12.0 Å². The maximum Gasteiger partial charge on any atom is 0.0144 e. The van der Waals surface area contributed by atoms with E-state index in [9.17, 15) is 0 Å². The first-order chi connectivity index (χ1) is 8.77. The van der Waals surface area contributed by atoms with Gasteiger partial charge < -0.3 is 5.32 Å². The number of rotatable bonds is 3. The highest BCUT2D eigenvalue weighted by atomic mass is 14.8. The van der Waals surface area contributed by atoms with Crippen LogP contribution in [0.1, 0.15) is 43.7 Å². The third-order valence-electron chi connectivity index (χ3n) is 4.74. The molecule has 1 atom stereocenters. The second kappa shape index (κ2) is 4.55. The molecule has 2 aliphatic rings. The molecule has 1 N–H and O–H groups in total. The molecule has 1 nitrogen and oxygen atoms in total. The SMILES string of the molecule is CNCC(C)C1=CC2(CCCC2)c2ccccc21. The first-order valence-corrected chi connectivity index (χ1v) is 7.24. The standard InChI is InChI=1S/C17H23N/c1-13(12-18-2)15-11-17(9-5-6-10-17)16-8-4-3-7-14(15)16/h3-4,7-8,11,13,18H,5-6,9-10,12H2,1-2H3. The molecule has 0 aromatic heterocycles. The van der Waals surface area contributed by atoms with Gasteiger partial charge in [-0.2, -0.15) is 0 Å². The van der Waals surface area contributed by atoms with Gasteiger partial charge >= 0.3 is 0 Å². The lowest BCUT2D eigenvalue weighted by molar-refractivity contribution is 0.566. The Balaban J connectivity index is 2.05. The normalized spacial score (nSPS) is 22.0. The summed E-state index contributed by atoms with van der Waals surface area (Å²) in [4.78, 5) is 0. The molecule has 1 saturated carbocycles. The van der Waals surface area contributed by atoms with Crippen LogP contribution < -0.4 is 5.32 Å². The highest BCUT2D eigenvalue weighted by Crippen LogP contribution is 2.51. The Labute approximate surface area is 110 Å². The number of hydrogen-bond donors (Lipinski definition) is 1. The van der Waals surface area contributed by atoms with E-state index < -0.39 is 0 Å². The Bertz CT molecular complexity index is 466. The van der Waals surface area contributed by atoms with Crippen LogP contribution >= 0.6 is 0 Å². The van der Waals surface area contributed by atoms with Gasteiger partial charge in [0.15, 0.2) is 0 Å². The van der Waals surface area contributed by atoms with Gasteiger partial charge in [0.25, 0.3) is 0 Å². The molecule has 1 unspecified atom stereocenters. The van der Waals surface area contributed by atoms with Crippen molar-refractivity contribution < 1.29 is 0 Å². The number of nitrogens with one attached hydrogen (secondary N) is 1. The van der Waals surface area contributed by atoms with E-state index in [4.69, 9.17) is 0 Å². The fourth-order valence-electron chi connectivity index (χ4n) is 3.87. The van der Waals surface area contributed by atoms with Gasteiger partial charge in [-0.05, 0) is 42.5 Å². The summed E-state index contributed by atoms with van der Waals surface area (Å²) in [6.07, 6.45) is 8.07. The van der Waals surface area contributed by atoms with E-state index in [1.165, 1.54) is 31.2 Å². The fourth-order valence-corrected chi connectivity index (χ4v) is 3.87. The molecule has 0 amide bonds. The van der Waals surface area contributed by atoms with E-state index in [0.29, 0.717) is 11.3 Å². The molecule has 0 heterocycles. The lowest BCUT2D eigenvalue weighted by Crippen LogP contribution is -2.17. The van der Waals surface area contributed by atoms with Crippen molar-refractivity contribution in [1.82, 2.24) is 5.32 Å². The molecular weight excluding hydrogens is 218 g/mol. The zero-order chi connectivity index (χ0) is 12.6. The van der Waals surface area contributed by atoms with Crippen molar-refractivity contribution in [2.24, 2.45) is 5.92 Å². The lowest BCUT2D eigenvalue weighted by Gasteiger charge is -2.22. The molecule has 18 heavy (non-hydrogen) atoms. The van der Waals surface area contributed by atoms with Gasteiger partial charge in [0, 0.05) is 12.0 Å². The van der Waals surface area contributed by atoms with Crippen molar-refractivity contribution in [3.63, 3.8) is 0 Å². The number of fused-ring (bicyclic) bond motifs is 2. The van der Waals surface area contributed by atoms with Crippen molar-refractivity contribution >= 4 is 5.57 Å². The van der Waals surface area contributed by atoms with Gasteiger partial charge in [-0.3, -0.25) is 0 Å². The Morgan fingerprint density at radius 1 is 1.22 bits per heavy atom. The van der Waals surface area contributed by atoms with Crippen LogP contribution in [-0.4, -0.2) is 13.6 Å². The Morgan fingerprint density at radius 2 is 1.94 bits per heavy atom. The molecule has 1 aromatic carbocycles. The summed E-state index contributed by atoms with van der Waals surface area (Å²) in [7, 11) is 2.04. The van der Waals surface area contributed by atoms with Gasteiger partial charge in [-0.15, -0.1) is 0 Å². The number of benzene rings is 1. The van der Waals surface area contributed by atoms with Crippen LogP contribution in [0.2, 0.25) is 0 Å². The molecule has 1 heteroatoms. The highest BCUT2D eigenvalue weighted by Gasteiger charge is 2.40. The molecule has 0 aliphatic heterocycles. The molecule has 3 rings (SSSR count). The summed E-state index contributed by atoms with van der Waals surface area (Å²) in [5, 5.41) is 3.31. The van der Waals surface area contributed by atoms with E-state index in [0.717, 1.165) is 6.54 Å². The smallest absolute Gasteiger partial charge is 0.0144 e. The fraction of sp³-hybridized carbons (Fsp3) is 0.529. The lowest BCUT2D eigenvalue weighted by atomic mass is 9.81. The Morgan fingerprint density at radius 3 is 2.67 bits per heavy atom. The average Bonchev–Trinajstić information content (AvgIpc) is 2.98. The van der Waals surface area contributed by atoms with Crippen LogP contribution in [0.3, 0.4) is 0 Å². The second-order valence-electron chi connectivity index (χ2n) is 5.97. The predicted octanol–water partition coefficient (Wildman–Crippen LogP) is 3.75. The van der Waals surface area contributed by atoms with Crippen LogP contribution in [-0.2, 0) is 5.41 Å². The number of allylic oxidation sites excluding steroid dienone is 1. The molecule has 1 spiro atoms. The maximum atomic E-state index is 3.31. The highest BCUT2D eigenvalue weighted by molar-refractivity contribution is 5.78. The van der Waals surface area contributed by atoms with Crippen molar-refractivity contribution in [3.8, 4) is 0 Å². The second-order valence-corrected chi connectivity index (χ2v) is 5.97. The first-order valence-electron chi connectivity index (χ1n) is 7.24. The van der Waals surface area contributed by atoms with Gasteiger partial charge in [0.2, 0.25) is 0 Å². The summed E-state index contributed by atoms with van der Waals surface area (Å²) in [5.74, 6) is 0.608. The third kappa shape index (κ3) is 1.73. The van der Waals surface area contributed by atoms with Crippen LogP contribution in [0.4, 0.5) is 0 Å². The summed E-state index contributed by atoms with van der Waals surface area (Å²) in [6.45, 7) is 3.41. The molecular formula is C17H23N. The van der Waals surface area contributed by atoms with Gasteiger partial charge in [0.05, 0.1) is 0 Å². The Kier molecular flexibility index (Phi) is 3.03. The van der Waals surface area contributed by atoms with Crippen LogP contribution in [0.5, 0.6) is 0 Å². The quantitative estimate of drug-likeness (QED) is 0.850. The van der Waals surface area contributed by atoms with Crippen molar-refractivity contribution in [2.45, 2.75) is 38.0 Å². The minimum Gasteiger partial charge on any atom is -0.319 e. The largest absolute Gasteiger partial charge is 0.319 e. The molecule has 0 bridgehead atoms. The van der Waals surface area contributed by atoms with E-state index in [1.807, 2.05) is 7.05 Å². The van der Waals surface area contributed by atoms with Crippen LogP contribution in [0.25, 0.3) is 5.57 Å². The molecule has 0 radical (unpaired) electrons. The van der Waals surface area contributed by atoms with E-state index in [1.54, 1.807) is 11.1 Å². The zero-order valence-electron chi connectivity index (χ0n) is 11.5. The molecule has 0 saturated heterocycles. The summed E-state index contributed by atoms with van der Waals surface area (Å²) >= 11 is 0. The molecule has 1 aromatic rings. The predicted molar refractivity (Wildman–Crippen MR) is 77.7 cm³/mol. The minimum atomic E-state index is 0.383. The summed E-state index contributed by atoms with van der Waals surface area (Å²) < 4.78 is 0. The maximum absolute atomic E-state index is 3.31. The monoisotopic (exact) mass is 241 g/mol. The molecule has 1 fully saturated rings. The van der Waals surface area contributed by atoms with E-state index in [2.05, 4.69) is 42.6 Å².